The Morgan fingerprint density at radius 2 is 2.15 bits per heavy atom. The molecule has 0 spiro atoms. The van der Waals surface area contributed by atoms with Gasteiger partial charge in [0.25, 0.3) is 5.91 Å². The molecule has 0 saturated heterocycles. The molecule has 1 aliphatic heterocycles. The first-order chi connectivity index (χ1) is 12.6. The zero-order chi connectivity index (χ0) is 19.9. The smallest absolute Gasteiger partial charge is 0.272 e. The number of carbonyl (C=O) groups excluding carboxylic acids is 1. The average molecular weight is 411 g/mol. The minimum atomic E-state index is -3.28. The van der Waals surface area contributed by atoms with Crippen molar-refractivity contribution in [3.63, 3.8) is 0 Å². The van der Waals surface area contributed by atoms with Crippen LogP contribution in [0.1, 0.15) is 29.9 Å². The molecule has 3 rings (SSSR count). The Bertz CT molecular complexity index is 1040. The van der Waals surface area contributed by atoms with Gasteiger partial charge in [-0.25, -0.2) is 18.1 Å². The van der Waals surface area contributed by atoms with Gasteiger partial charge >= 0.3 is 0 Å². The lowest BCUT2D eigenvalue weighted by atomic mass is 10.0. The lowest BCUT2D eigenvalue weighted by molar-refractivity contribution is 0.101. The molecule has 1 unspecified atom stereocenters. The predicted octanol–water partition coefficient (Wildman–Crippen LogP) is 4.03. The molecular formula is C18H20ClFN4O2S. The summed E-state index contributed by atoms with van der Waals surface area (Å²) in [7, 11) is -1.63. The molecule has 0 radical (unpaired) electrons. The van der Waals surface area contributed by atoms with Crippen molar-refractivity contribution in [3.8, 4) is 0 Å². The summed E-state index contributed by atoms with van der Waals surface area (Å²) in [6, 6.07) is 3.63. The van der Waals surface area contributed by atoms with Crippen LogP contribution in [-0.2, 0) is 17.0 Å². The molecule has 2 aromatic rings. The zero-order valence-electron chi connectivity index (χ0n) is 15.0. The molecule has 9 heteroatoms. The third kappa shape index (κ3) is 3.78. The summed E-state index contributed by atoms with van der Waals surface area (Å²) >= 11 is 5.76. The van der Waals surface area contributed by atoms with Gasteiger partial charge < -0.3 is 9.88 Å². The highest BCUT2D eigenvalue weighted by molar-refractivity contribution is 7.90. The Morgan fingerprint density at radius 1 is 1.44 bits per heavy atom. The molecule has 1 aromatic heterocycles. The largest absolute Gasteiger partial charge is 0.345 e. The summed E-state index contributed by atoms with van der Waals surface area (Å²) in [5.74, 6) is -0.918. The van der Waals surface area contributed by atoms with Crippen LogP contribution < -0.4 is 10.0 Å². The quantitative estimate of drug-likeness (QED) is 0.713. The Morgan fingerprint density at radius 3 is 2.78 bits per heavy atom. The number of aryl methyl sites for hydroxylation is 1. The first kappa shape index (κ1) is 19.6. The zero-order valence-corrected chi connectivity index (χ0v) is 16.6. The molecule has 27 heavy (non-hydrogen) atoms. The van der Waals surface area contributed by atoms with Crippen LogP contribution in [0.4, 0.5) is 10.1 Å². The second kappa shape index (κ2) is 7.10. The second-order valence-corrected chi connectivity index (χ2v) is 8.95. The molecular weight excluding hydrogens is 391 g/mol. The Kier molecular flexibility index (Phi) is 5.16. The Labute approximate surface area is 162 Å². The first-order valence-corrected chi connectivity index (χ1v) is 10.2. The number of rotatable bonds is 3. The number of amides is 1. The van der Waals surface area contributed by atoms with Crippen LogP contribution in [0.25, 0.3) is 6.08 Å². The van der Waals surface area contributed by atoms with Crippen LogP contribution in [0.15, 0.2) is 35.4 Å². The van der Waals surface area contributed by atoms with Gasteiger partial charge in [0, 0.05) is 30.5 Å². The fraction of sp³-hybridized carbons (Fsp3) is 0.278. The average Bonchev–Trinajstić information content (AvgIpc) is 2.85. The van der Waals surface area contributed by atoms with Gasteiger partial charge in [-0.15, -0.1) is 0 Å². The second-order valence-electron chi connectivity index (χ2n) is 6.75. The number of carbonyl (C=O) groups is 1. The molecule has 0 aliphatic carbocycles. The maximum Gasteiger partial charge on any atom is 0.272 e. The van der Waals surface area contributed by atoms with Crippen molar-refractivity contribution in [2.24, 2.45) is 13.0 Å². The van der Waals surface area contributed by atoms with E-state index in [0.29, 0.717) is 11.3 Å². The monoisotopic (exact) mass is 410 g/mol. The Hall–Kier alpha value is -2.16. The molecule has 144 valence electrons. The van der Waals surface area contributed by atoms with Crippen molar-refractivity contribution < 1.29 is 13.4 Å². The molecule has 0 saturated carbocycles. The lowest BCUT2D eigenvalue weighted by Gasteiger charge is -2.18. The van der Waals surface area contributed by atoms with E-state index in [1.807, 2.05) is 19.9 Å². The predicted molar refractivity (Wildman–Crippen MR) is 105 cm³/mol. The summed E-state index contributed by atoms with van der Waals surface area (Å²) < 4.78 is 38.9. The van der Waals surface area contributed by atoms with Crippen LogP contribution in [0.5, 0.6) is 0 Å². The van der Waals surface area contributed by atoms with Gasteiger partial charge in [-0.3, -0.25) is 4.79 Å². The molecule has 2 heterocycles. The fourth-order valence-electron chi connectivity index (χ4n) is 2.91. The van der Waals surface area contributed by atoms with E-state index in [1.165, 1.54) is 22.9 Å². The van der Waals surface area contributed by atoms with Crippen LogP contribution in [0, 0.1) is 16.5 Å². The number of benzene rings is 1. The molecule has 2 atom stereocenters. The maximum absolute atomic E-state index is 13.3. The van der Waals surface area contributed by atoms with Gasteiger partial charge in [0.2, 0.25) is 0 Å². The summed E-state index contributed by atoms with van der Waals surface area (Å²) in [6.07, 6.45) is 5.06. The van der Waals surface area contributed by atoms with E-state index in [4.69, 9.17) is 16.4 Å². The molecule has 1 amide bonds. The van der Waals surface area contributed by atoms with Gasteiger partial charge in [-0.1, -0.05) is 37.6 Å². The number of nitrogens with one attached hydrogen (secondary N) is 3. The third-order valence-electron chi connectivity index (χ3n) is 4.38. The number of fused-ring (bicyclic) bond motifs is 1. The van der Waals surface area contributed by atoms with E-state index in [2.05, 4.69) is 10.0 Å². The highest BCUT2D eigenvalue weighted by Crippen LogP contribution is 2.29. The van der Waals surface area contributed by atoms with Gasteiger partial charge in [0.15, 0.2) is 0 Å². The molecule has 1 aromatic carbocycles. The summed E-state index contributed by atoms with van der Waals surface area (Å²) in [5, 5.41) is 2.57. The fourth-order valence-corrected chi connectivity index (χ4v) is 4.73. The standard InChI is InChI=1S/C18H20ClFN4O2S/c1-10(2)15-7-5-12-16(27(21,26)23-15)9-24(3)17(12)18(25)22-11-4-6-14(20)13(19)8-11/h4-10,15H,1-3H3,(H,22,25)(H2,21,23,26)/t15-,27?/m1/s1. The number of halogens is 2. The Balaban J connectivity index is 2.03. The SMILES string of the molecule is CC(C)[C@H]1C=Cc2c(cn(C)c2C(=O)Nc2ccc(F)c(Cl)c2)S(=N)(=O)N1. The van der Waals surface area contributed by atoms with E-state index in [9.17, 15) is 13.4 Å². The van der Waals surface area contributed by atoms with Crippen molar-refractivity contribution >= 4 is 39.2 Å². The molecule has 0 bridgehead atoms. The van der Waals surface area contributed by atoms with Crippen molar-refractivity contribution in [1.29, 1.82) is 4.78 Å². The first-order valence-electron chi connectivity index (χ1n) is 8.30. The van der Waals surface area contributed by atoms with E-state index in [1.54, 1.807) is 13.1 Å². The number of hydrogen-bond acceptors (Lipinski definition) is 3. The van der Waals surface area contributed by atoms with Crippen molar-refractivity contribution in [1.82, 2.24) is 9.29 Å². The lowest BCUT2D eigenvalue weighted by Crippen LogP contribution is -2.35. The van der Waals surface area contributed by atoms with E-state index in [-0.39, 0.29) is 27.6 Å². The highest BCUT2D eigenvalue weighted by Gasteiger charge is 2.29. The highest BCUT2D eigenvalue weighted by atomic mass is 35.5. The molecule has 0 fully saturated rings. The summed E-state index contributed by atoms with van der Waals surface area (Å²) in [6.45, 7) is 3.92. The van der Waals surface area contributed by atoms with E-state index in [0.717, 1.165) is 6.07 Å². The van der Waals surface area contributed by atoms with Crippen molar-refractivity contribution in [2.75, 3.05) is 5.32 Å². The van der Waals surface area contributed by atoms with Crippen molar-refractivity contribution in [2.45, 2.75) is 24.8 Å². The molecule has 3 N–H and O–H groups in total. The van der Waals surface area contributed by atoms with Crippen LogP contribution in [0.3, 0.4) is 0 Å². The van der Waals surface area contributed by atoms with E-state index >= 15 is 0 Å². The number of hydrogen-bond donors (Lipinski definition) is 3. The van der Waals surface area contributed by atoms with Gasteiger partial charge in [-0.05, 0) is 24.1 Å². The van der Waals surface area contributed by atoms with Crippen molar-refractivity contribution in [3.05, 3.63) is 52.6 Å². The number of anilines is 1. The topological polar surface area (TPSA) is 87.0 Å². The minimum absolute atomic E-state index is 0.100. The van der Waals surface area contributed by atoms with Crippen LogP contribution in [0.2, 0.25) is 5.02 Å². The third-order valence-corrected chi connectivity index (χ3v) is 6.22. The normalized spacial score (nSPS) is 21.8. The summed E-state index contributed by atoms with van der Waals surface area (Å²) in [5.41, 5.74) is 1.02. The van der Waals surface area contributed by atoms with Crippen LogP contribution in [-0.4, -0.2) is 20.7 Å². The van der Waals surface area contributed by atoms with E-state index < -0.39 is 21.6 Å². The van der Waals surface area contributed by atoms with Gasteiger partial charge in [0.05, 0.1) is 9.92 Å². The number of aromatic nitrogens is 1. The molecule has 6 nitrogen and oxygen atoms in total. The van der Waals surface area contributed by atoms with Crippen LogP contribution >= 0.6 is 11.6 Å². The minimum Gasteiger partial charge on any atom is -0.345 e. The number of nitrogens with zero attached hydrogens (tertiary/aromatic N) is 1. The van der Waals surface area contributed by atoms with Gasteiger partial charge in [0.1, 0.15) is 21.4 Å². The summed E-state index contributed by atoms with van der Waals surface area (Å²) in [4.78, 5) is 13.1. The molecule has 1 aliphatic rings. The maximum atomic E-state index is 13.3. The van der Waals surface area contributed by atoms with Gasteiger partial charge in [-0.2, -0.15) is 0 Å².